The fourth-order valence-corrected chi connectivity index (χ4v) is 2.84. The van der Waals surface area contributed by atoms with Crippen molar-refractivity contribution in [3.8, 4) is 0 Å². The van der Waals surface area contributed by atoms with E-state index in [1.807, 2.05) is 43.3 Å². The summed E-state index contributed by atoms with van der Waals surface area (Å²) >= 11 is 0. The largest absolute Gasteiger partial charge is 0.347 e. The molecule has 0 aliphatic heterocycles. The minimum atomic E-state index is -0.139. The van der Waals surface area contributed by atoms with E-state index in [9.17, 15) is 4.79 Å². The minimum absolute atomic E-state index is 0.0547. The van der Waals surface area contributed by atoms with Gasteiger partial charge in [0.05, 0.1) is 17.1 Å². The number of allylic oxidation sites excluding steroid dienone is 1. The third-order valence-corrected chi connectivity index (χ3v) is 3.89. The molecule has 0 bridgehead atoms. The second kappa shape index (κ2) is 7.13. The fraction of sp³-hybridized carbons (Fsp3) is 0.200. The van der Waals surface area contributed by atoms with E-state index >= 15 is 0 Å². The van der Waals surface area contributed by atoms with Crippen molar-refractivity contribution < 1.29 is 4.79 Å². The van der Waals surface area contributed by atoms with Crippen LogP contribution < -0.4 is 5.32 Å². The van der Waals surface area contributed by atoms with Crippen LogP contribution in [0.5, 0.6) is 0 Å². The number of nitrogens with zero attached hydrogens (tertiary/aromatic N) is 2. The number of amides is 1. The van der Waals surface area contributed by atoms with Crippen LogP contribution in [-0.4, -0.2) is 15.5 Å². The first-order valence-corrected chi connectivity index (χ1v) is 8.09. The van der Waals surface area contributed by atoms with Gasteiger partial charge in [0, 0.05) is 13.5 Å². The molecule has 1 heterocycles. The summed E-state index contributed by atoms with van der Waals surface area (Å²) < 4.78 is 2.15. The number of carbonyl (C=O) groups is 1. The lowest BCUT2D eigenvalue weighted by Gasteiger charge is -2.14. The first-order chi connectivity index (χ1) is 11.6. The molecule has 3 rings (SSSR count). The van der Waals surface area contributed by atoms with Crippen molar-refractivity contribution in [2.24, 2.45) is 0 Å². The molecule has 0 radical (unpaired) electrons. The molecule has 0 spiro atoms. The van der Waals surface area contributed by atoms with Crippen LogP contribution in [0.3, 0.4) is 0 Å². The highest BCUT2D eigenvalue weighted by atomic mass is 16.1. The summed E-state index contributed by atoms with van der Waals surface area (Å²) in [6.07, 6.45) is 4.22. The highest BCUT2D eigenvalue weighted by Crippen LogP contribution is 2.21. The second-order valence-corrected chi connectivity index (χ2v) is 5.80. The monoisotopic (exact) mass is 319 g/mol. The first kappa shape index (κ1) is 16.0. The molecular formula is C20H21N3O. The summed E-state index contributed by atoms with van der Waals surface area (Å²) in [5, 5.41) is 2.92. The molecule has 3 aromatic rings. The van der Waals surface area contributed by atoms with Gasteiger partial charge in [-0.3, -0.25) is 4.79 Å². The van der Waals surface area contributed by atoms with Gasteiger partial charge in [-0.15, -0.1) is 0 Å². The van der Waals surface area contributed by atoms with Crippen molar-refractivity contribution in [1.29, 1.82) is 0 Å². The number of rotatable bonds is 5. The van der Waals surface area contributed by atoms with E-state index in [2.05, 4.69) is 40.2 Å². The maximum atomic E-state index is 11.4. The van der Waals surface area contributed by atoms with Crippen LogP contribution in [0.2, 0.25) is 0 Å². The lowest BCUT2D eigenvalue weighted by atomic mass is 10.2. The standard InChI is InChI=1S/C20H21N3O/c1-15(21-16(2)24)20-22-18-12-6-7-13-19(18)23(20)14-8-11-17-9-4-3-5-10-17/h3-13,15H,14H2,1-2H3,(H,21,24)/b11-8+. The van der Waals surface area contributed by atoms with Gasteiger partial charge in [0.15, 0.2) is 0 Å². The zero-order valence-corrected chi connectivity index (χ0v) is 13.9. The van der Waals surface area contributed by atoms with Crippen molar-refractivity contribution in [3.05, 3.63) is 72.1 Å². The van der Waals surface area contributed by atoms with Gasteiger partial charge in [0.1, 0.15) is 5.82 Å². The average molecular weight is 319 g/mol. The first-order valence-electron chi connectivity index (χ1n) is 8.09. The fourth-order valence-electron chi connectivity index (χ4n) is 2.84. The highest BCUT2D eigenvalue weighted by molar-refractivity contribution is 5.77. The lowest BCUT2D eigenvalue weighted by molar-refractivity contribution is -0.119. The highest BCUT2D eigenvalue weighted by Gasteiger charge is 2.16. The van der Waals surface area contributed by atoms with Gasteiger partial charge in [0.25, 0.3) is 0 Å². The van der Waals surface area contributed by atoms with Gasteiger partial charge in [0.2, 0.25) is 5.91 Å². The molecule has 0 aliphatic carbocycles. The number of hydrogen-bond donors (Lipinski definition) is 1. The van der Waals surface area contributed by atoms with Crippen molar-refractivity contribution in [2.75, 3.05) is 0 Å². The van der Waals surface area contributed by atoms with Crippen LogP contribution in [0.1, 0.15) is 31.3 Å². The number of imidazole rings is 1. The van der Waals surface area contributed by atoms with Crippen LogP contribution >= 0.6 is 0 Å². The summed E-state index contributed by atoms with van der Waals surface area (Å²) in [5.74, 6) is 0.810. The Labute approximate surface area is 141 Å². The Kier molecular flexibility index (Phi) is 4.75. The van der Waals surface area contributed by atoms with E-state index in [4.69, 9.17) is 4.98 Å². The van der Waals surface area contributed by atoms with Gasteiger partial charge in [-0.2, -0.15) is 0 Å². The molecule has 0 fully saturated rings. The molecule has 4 nitrogen and oxygen atoms in total. The van der Waals surface area contributed by atoms with Crippen LogP contribution in [0.25, 0.3) is 17.1 Å². The normalized spacial score (nSPS) is 12.6. The number of nitrogens with one attached hydrogen (secondary N) is 1. The van der Waals surface area contributed by atoms with E-state index in [1.54, 1.807) is 0 Å². The van der Waals surface area contributed by atoms with E-state index < -0.39 is 0 Å². The second-order valence-electron chi connectivity index (χ2n) is 5.80. The van der Waals surface area contributed by atoms with Crippen molar-refractivity contribution in [3.63, 3.8) is 0 Å². The van der Waals surface area contributed by atoms with Crippen LogP contribution in [0.15, 0.2) is 60.7 Å². The van der Waals surface area contributed by atoms with Crippen molar-refractivity contribution in [1.82, 2.24) is 14.9 Å². The molecule has 122 valence electrons. The molecule has 1 amide bonds. The average Bonchev–Trinajstić information content (AvgIpc) is 2.94. The summed E-state index contributed by atoms with van der Waals surface area (Å²) in [6.45, 7) is 4.19. The third-order valence-electron chi connectivity index (χ3n) is 3.89. The maximum absolute atomic E-state index is 11.4. The van der Waals surface area contributed by atoms with Gasteiger partial charge in [-0.1, -0.05) is 54.6 Å². The number of carbonyl (C=O) groups excluding carboxylic acids is 1. The van der Waals surface area contributed by atoms with Gasteiger partial charge in [-0.25, -0.2) is 4.98 Å². The van der Waals surface area contributed by atoms with Crippen LogP contribution in [0, 0.1) is 0 Å². The SMILES string of the molecule is CC(=O)NC(C)c1nc2ccccc2n1C/C=C/c1ccccc1. The Morgan fingerprint density at radius 3 is 2.62 bits per heavy atom. The molecule has 4 heteroatoms. The molecule has 1 N–H and O–H groups in total. The predicted octanol–water partition coefficient (Wildman–Crippen LogP) is 3.95. The number of fused-ring (bicyclic) bond motifs is 1. The molecule has 1 atom stereocenters. The molecule has 0 saturated heterocycles. The van der Waals surface area contributed by atoms with E-state index in [0.717, 1.165) is 16.9 Å². The Hall–Kier alpha value is -2.88. The molecule has 0 aliphatic rings. The number of benzene rings is 2. The lowest BCUT2D eigenvalue weighted by Crippen LogP contribution is -2.26. The topological polar surface area (TPSA) is 46.9 Å². The Morgan fingerprint density at radius 2 is 1.88 bits per heavy atom. The zero-order chi connectivity index (χ0) is 16.9. The van der Waals surface area contributed by atoms with Crippen LogP contribution in [0.4, 0.5) is 0 Å². The van der Waals surface area contributed by atoms with Gasteiger partial charge in [-0.05, 0) is 24.6 Å². The summed E-state index contributed by atoms with van der Waals surface area (Å²) in [6, 6.07) is 18.1. The van der Waals surface area contributed by atoms with Gasteiger partial charge >= 0.3 is 0 Å². The molecule has 2 aromatic carbocycles. The third kappa shape index (κ3) is 3.54. The molecule has 0 saturated carbocycles. The Morgan fingerprint density at radius 1 is 1.17 bits per heavy atom. The van der Waals surface area contributed by atoms with Gasteiger partial charge < -0.3 is 9.88 Å². The Bertz CT molecular complexity index is 865. The Balaban J connectivity index is 1.92. The summed E-state index contributed by atoms with van der Waals surface area (Å²) in [4.78, 5) is 16.1. The zero-order valence-electron chi connectivity index (χ0n) is 13.9. The summed E-state index contributed by atoms with van der Waals surface area (Å²) in [7, 11) is 0. The molecular weight excluding hydrogens is 298 g/mol. The number of hydrogen-bond acceptors (Lipinski definition) is 2. The van der Waals surface area contributed by atoms with Crippen molar-refractivity contribution >= 4 is 23.0 Å². The molecule has 24 heavy (non-hydrogen) atoms. The number of para-hydroxylation sites is 2. The van der Waals surface area contributed by atoms with Crippen molar-refractivity contribution in [2.45, 2.75) is 26.4 Å². The summed E-state index contributed by atoms with van der Waals surface area (Å²) in [5.41, 5.74) is 3.18. The minimum Gasteiger partial charge on any atom is -0.347 e. The quantitative estimate of drug-likeness (QED) is 0.774. The van der Waals surface area contributed by atoms with E-state index in [1.165, 1.54) is 12.5 Å². The number of aromatic nitrogens is 2. The smallest absolute Gasteiger partial charge is 0.217 e. The molecule has 1 unspecified atom stereocenters. The van der Waals surface area contributed by atoms with Crippen LogP contribution in [-0.2, 0) is 11.3 Å². The maximum Gasteiger partial charge on any atom is 0.217 e. The van der Waals surface area contributed by atoms with E-state index in [0.29, 0.717) is 6.54 Å². The van der Waals surface area contributed by atoms with E-state index in [-0.39, 0.29) is 11.9 Å². The molecule has 1 aromatic heterocycles. The predicted molar refractivity (Wildman–Crippen MR) is 97.4 cm³/mol.